The number of hydrogen-bond acceptors (Lipinski definition) is 4. The number of anilines is 2. The van der Waals surface area contributed by atoms with Crippen molar-refractivity contribution in [2.24, 2.45) is 0 Å². The molecule has 0 bridgehead atoms. The van der Waals surface area contributed by atoms with Gasteiger partial charge >= 0.3 is 0 Å². The second-order valence-corrected chi connectivity index (χ2v) is 5.88. The Bertz CT molecular complexity index is 696. The maximum absolute atomic E-state index is 11.9. The number of rotatable bonds is 7. The van der Waals surface area contributed by atoms with Crippen LogP contribution in [-0.4, -0.2) is 17.6 Å². The highest BCUT2D eigenvalue weighted by molar-refractivity contribution is 7.12. The summed E-state index contributed by atoms with van der Waals surface area (Å²) < 4.78 is 0. The van der Waals surface area contributed by atoms with Crippen molar-refractivity contribution in [3.05, 3.63) is 46.7 Å². The third-order valence-corrected chi connectivity index (χ3v) is 4.04. The van der Waals surface area contributed by atoms with Crippen LogP contribution in [-0.2, 0) is 9.59 Å². The third kappa shape index (κ3) is 5.34. The number of amides is 2. The van der Waals surface area contributed by atoms with Gasteiger partial charge in [0.15, 0.2) is 5.78 Å². The van der Waals surface area contributed by atoms with Crippen molar-refractivity contribution in [2.45, 2.75) is 26.2 Å². The van der Waals surface area contributed by atoms with Gasteiger partial charge in [0.25, 0.3) is 0 Å². The molecule has 0 saturated heterocycles. The standard InChI is InChI=1S/C17H18N2O3S/c1-2-16(21)18-12-5-3-6-13(11-12)19-17(22)9-8-14(20)15-7-4-10-23-15/h3-7,10-11H,2,8-9H2,1H3,(H,18,21)(H,19,22). The van der Waals surface area contributed by atoms with Gasteiger partial charge in [-0.05, 0) is 29.6 Å². The Morgan fingerprint density at radius 1 is 0.957 bits per heavy atom. The number of benzene rings is 1. The molecule has 2 aromatic rings. The molecular weight excluding hydrogens is 312 g/mol. The van der Waals surface area contributed by atoms with Crippen LogP contribution in [0.25, 0.3) is 0 Å². The summed E-state index contributed by atoms with van der Waals surface area (Å²) in [4.78, 5) is 35.8. The number of carbonyl (C=O) groups is 3. The highest BCUT2D eigenvalue weighted by atomic mass is 32.1. The van der Waals surface area contributed by atoms with Crippen LogP contribution < -0.4 is 10.6 Å². The van der Waals surface area contributed by atoms with Crippen molar-refractivity contribution < 1.29 is 14.4 Å². The highest BCUT2D eigenvalue weighted by Crippen LogP contribution is 2.16. The SMILES string of the molecule is CCC(=O)Nc1cccc(NC(=O)CCC(=O)c2cccs2)c1. The van der Waals surface area contributed by atoms with Crippen molar-refractivity contribution in [3.63, 3.8) is 0 Å². The Morgan fingerprint density at radius 3 is 2.26 bits per heavy atom. The normalized spacial score (nSPS) is 10.1. The number of Topliss-reactive ketones (excluding diaryl/α,β-unsaturated/α-hetero) is 1. The minimum atomic E-state index is -0.228. The molecule has 0 atom stereocenters. The third-order valence-electron chi connectivity index (χ3n) is 3.13. The molecule has 6 heteroatoms. The van der Waals surface area contributed by atoms with Crippen LogP contribution in [0, 0.1) is 0 Å². The first-order valence-corrected chi connectivity index (χ1v) is 8.23. The molecule has 2 rings (SSSR count). The minimum Gasteiger partial charge on any atom is -0.326 e. The van der Waals surface area contributed by atoms with Crippen molar-refractivity contribution in [2.75, 3.05) is 10.6 Å². The van der Waals surface area contributed by atoms with E-state index in [2.05, 4.69) is 10.6 Å². The zero-order valence-electron chi connectivity index (χ0n) is 12.8. The fourth-order valence-electron chi connectivity index (χ4n) is 1.94. The van der Waals surface area contributed by atoms with E-state index in [9.17, 15) is 14.4 Å². The van der Waals surface area contributed by atoms with E-state index in [-0.39, 0.29) is 30.4 Å². The van der Waals surface area contributed by atoms with Gasteiger partial charge in [-0.3, -0.25) is 14.4 Å². The van der Waals surface area contributed by atoms with E-state index in [1.54, 1.807) is 37.3 Å². The van der Waals surface area contributed by atoms with E-state index in [0.29, 0.717) is 22.7 Å². The fourth-order valence-corrected chi connectivity index (χ4v) is 2.63. The summed E-state index contributed by atoms with van der Waals surface area (Å²) in [5.41, 5.74) is 1.22. The fraction of sp³-hybridized carbons (Fsp3) is 0.235. The lowest BCUT2D eigenvalue weighted by Gasteiger charge is -2.08. The first kappa shape index (κ1) is 16.9. The van der Waals surface area contributed by atoms with Crippen molar-refractivity contribution >= 4 is 40.3 Å². The zero-order valence-corrected chi connectivity index (χ0v) is 13.6. The van der Waals surface area contributed by atoms with E-state index in [0.717, 1.165) is 0 Å². The zero-order chi connectivity index (χ0) is 16.7. The molecule has 0 fully saturated rings. The van der Waals surface area contributed by atoms with E-state index in [1.165, 1.54) is 11.3 Å². The van der Waals surface area contributed by atoms with Gasteiger partial charge in [-0.25, -0.2) is 0 Å². The monoisotopic (exact) mass is 330 g/mol. The van der Waals surface area contributed by atoms with Crippen LogP contribution in [0.15, 0.2) is 41.8 Å². The molecule has 1 aromatic carbocycles. The predicted molar refractivity (Wildman–Crippen MR) is 91.9 cm³/mol. The highest BCUT2D eigenvalue weighted by Gasteiger charge is 2.10. The van der Waals surface area contributed by atoms with Crippen molar-refractivity contribution in [1.82, 2.24) is 0 Å². The van der Waals surface area contributed by atoms with Gasteiger partial charge in [0, 0.05) is 30.6 Å². The average molecular weight is 330 g/mol. The Balaban J connectivity index is 1.86. The maximum Gasteiger partial charge on any atom is 0.224 e. The Hall–Kier alpha value is -2.47. The second-order valence-electron chi connectivity index (χ2n) is 4.93. The van der Waals surface area contributed by atoms with Crippen LogP contribution >= 0.6 is 11.3 Å². The van der Waals surface area contributed by atoms with Gasteiger partial charge in [0.2, 0.25) is 11.8 Å². The Kier molecular flexibility index (Phi) is 6.05. The second kappa shape index (κ2) is 8.24. The van der Waals surface area contributed by atoms with Crippen LogP contribution in [0.1, 0.15) is 35.9 Å². The van der Waals surface area contributed by atoms with Gasteiger partial charge in [0.1, 0.15) is 0 Å². The molecule has 0 radical (unpaired) electrons. The number of carbonyl (C=O) groups excluding carboxylic acids is 3. The lowest BCUT2D eigenvalue weighted by Crippen LogP contribution is -2.14. The molecule has 23 heavy (non-hydrogen) atoms. The summed E-state index contributed by atoms with van der Waals surface area (Å²) in [6.45, 7) is 1.77. The molecular formula is C17H18N2O3S. The smallest absolute Gasteiger partial charge is 0.224 e. The summed E-state index contributed by atoms with van der Waals surface area (Å²) in [7, 11) is 0. The van der Waals surface area contributed by atoms with E-state index >= 15 is 0 Å². The molecule has 2 N–H and O–H groups in total. The molecule has 120 valence electrons. The molecule has 1 heterocycles. The molecule has 2 amide bonds. The van der Waals surface area contributed by atoms with Gasteiger partial charge in [-0.15, -0.1) is 11.3 Å². The van der Waals surface area contributed by atoms with E-state index < -0.39 is 0 Å². The van der Waals surface area contributed by atoms with Gasteiger partial charge in [-0.2, -0.15) is 0 Å². The summed E-state index contributed by atoms with van der Waals surface area (Å²) in [5, 5.41) is 7.30. The topological polar surface area (TPSA) is 75.3 Å². The van der Waals surface area contributed by atoms with Gasteiger partial charge in [0.05, 0.1) is 4.88 Å². The molecule has 0 aliphatic carbocycles. The summed E-state index contributed by atoms with van der Waals surface area (Å²) in [6.07, 6.45) is 0.697. The summed E-state index contributed by atoms with van der Waals surface area (Å²) >= 11 is 1.37. The molecule has 0 unspecified atom stereocenters. The lowest BCUT2D eigenvalue weighted by atomic mass is 10.2. The number of nitrogens with one attached hydrogen (secondary N) is 2. The molecule has 1 aromatic heterocycles. The molecule has 0 aliphatic rings. The minimum absolute atomic E-state index is 0.0286. The first-order valence-electron chi connectivity index (χ1n) is 7.35. The Labute approximate surface area is 138 Å². The molecule has 0 saturated carbocycles. The number of ketones is 1. The summed E-state index contributed by atoms with van der Waals surface area (Å²) in [5.74, 6) is -0.344. The maximum atomic E-state index is 11.9. The largest absolute Gasteiger partial charge is 0.326 e. The van der Waals surface area contributed by atoms with Crippen molar-refractivity contribution in [3.8, 4) is 0 Å². The molecule has 5 nitrogen and oxygen atoms in total. The average Bonchev–Trinajstić information content (AvgIpc) is 3.07. The predicted octanol–water partition coefficient (Wildman–Crippen LogP) is 3.70. The molecule has 0 aliphatic heterocycles. The van der Waals surface area contributed by atoms with Crippen LogP contribution in [0.2, 0.25) is 0 Å². The Morgan fingerprint density at radius 2 is 1.65 bits per heavy atom. The van der Waals surface area contributed by atoms with Gasteiger partial charge < -0.3 is 10.6 Å². The first-order chi connectivity index (χ1) is 11.1. The summed E-state index contributed by atoms with van der Waals surface area (Å²) in [6, 6.07) is 10.5. The van der Waals surface area contributed by atoms with Crippen molar-refractivity contribution in [1.29, 1.82) is 0 Å². The number of hydrogen-bond donors (Lipinski definition) is 2. The van der Waals surface area contributed by atoms with Gasteiger partial charge in [-0.1, -0.05) is 19.1 Å². The lowest BCUT2D eigenvalue weighted by molar-refractivity contribution is -0.116. The molecule has 0 spiro atoms. The van der Waals surface area contributed by atoms with Crippen LogP contribution in [0.4, 0.5) is 11.4 Å². The number of thiophene rings is 1. The van der Waals surface area contributed by atoms with E-state index in [4.69, 9.17) is 0 Å². The van der Waals surface area contributed by atoms with Crippen LogP contribution in [0.3, 0.4) is 0 Å². The quantitative estimate of drug-likeness (QED) is 0.760. The van der Waals surface area contributed by atoms with Crippen LogP contribution in [0.5, 0.6) is 0 Å². The van der Waals surface area contributed by atoms with E-state index in [1.807, 2.05) is 11.4 Å².